The molecule has 0 aliphatic heterocycles. The van der Waals surface area contributed by atoms with E-state index in [0.29, 0.717) is 29.2 Å². The number of nitrogens with one attached hydrogen (secondary N) is 1. The number of phenols is 1. The van der Waals surface area contributed by atoms with Crippen LogP contribution in [0.3, 0.4) is 0 Å². The van der Waals surface area contributed by atoms with E-state index in [0.717, 1.165) is 11.1 Å². The number of methoxy groups -OCH3 is 1. The molecule has 1 amide bonds. The Bertz CT molecular complexity index is 929. The number of ether oxygens (including phenoxy) is 1. The third kappa shape index (κ3) is 3.26. The molecule has 0 radical (unpaired) electrons. The van der Waals surface area contributed by atoms with E-state index in [2.05, 4.69) is 10.5 Å². The number of rotatable bonds is 5. The molecule has 2 aromatic carbocycles. The molecule has 0 aliphatic rings. The molecule has 2 N–H and O–H groups in total. The molecular formula is C20H20N2O4. The Morgan fingerprint density at radius 2 is 1.96 bits per heavy atom. The predicted octanol–water partition coefficient (Wildman–Crippen LogP) is 3.78. The van der Waals surface area contributed by atoms with Gasteiger partial charge < -0.3 is 19.7 Å². The lowest BCUT2D eigenvalue weighted by Crippen LogP contribution is -2.23. The fraction of sp³-hybridized carbons (Fsp3) is 0.200. The smallest absolute Gasteiger partial charge is 0.274 e. The second-order valence-corrected chi connectivity index (χ2v) is 5.84. The standard InChI is InChI=1S/C20H20N2O4/c1-4-21-20(24)18-17(13-6-8-14(25-3)9-7-13)19(26-22-18)15-10-5-12(2)11-16(15)23/h5-11,23H,4H2,1-3H3,(H,21,24). The monoisotopic (exact) mass is 352 g/mol. The van der Waals surface area contributed by atoms with Crippen molar-refractivity contribution in [2.75, 3.05) is 13.7 Å². The Labute approximate surface area is 151 Å². The van der Waals surface area contributed by atoms with Crippen molar-refractivity contribution < 1.29 is 19.2 Å². The van der Waals surface area contributed by atoms with Crippen LogP contribution >= 0.6 is 0 Å². The normalized spacial score (nSPS) is 10.6. The van der Waals surface area contributed by atoms with Crippen LogP contribution in [0.25, 0.3) is 22.5 Å². The predicted molar refractivity (Wildman–Crippen MR) is 98.3 cm³/mol. The van der Waals surface area contributed by atoms with Crippen LogP contribution in [0.15, 0.2) is 47.0 Å². The summed E-state index contributed by atoms with van der Waals surface area (Å²) in [5.41, 5.74) is 2.83. The molecule has 6 nitrogen and oxygen atoms in total. The Balaban J connectivity index is 2.19. The van der Waals surface area contributed by atoms with Crippen molar-refractivity contribution in [1.82, 2.24) is 10.5 Å². The lowest BCUT2D eigenvalue weighted by Gasteiger charge is -2.08. The molecule has 134 valence electrons. The number of carbonyl (C=O) groups excluding carboxylic acids is 1. The van der Waals surface area contributed by atoms with Crippen molar-refractivity contribution in [1.29, 1.82) is 0 Å². The number of aromatic hydroxyl groups is 1. The van der Waals surface area contributed by atoms with Gasteiger partial charge in [-0.3, -0.25) is 4.79 Å². The summed E-state index contributed by atoms with van der Waals surface area (Å²) in [7, 11) is 1.59. The summed E-state index contributed by atoms with van der Waals surface area (Å²) in [5.74, 6) is 0.775. The highest BCUT2D eigenvalue weighted by molar-refractivity contribution is 6.02. The van der Waals surface area contributed by atoms with E-state index in [1.807, 2.05) is 32.0 Å². The van der Waals surface area contributed by atoms with Gasteiger partial charge in [0, 0.05) is 6.54 Å². The zero-order valence-corrected chi connectivity index (χ0v) is 14.9. The van der Waals surface area contributed by atoms with E-state index in [1.54, 1.807) is 31.4 Å². The number of benzene rings is 2. The largest absolute Gasteiger partial charge is 0.507 e. The maximum atomic E-state index is 12.4. The Kier molecular flexibility index (Phi) is 4.93. The lowest BCUT2D eigenvalue weighted by molar-refractivity contribution is 0.0947. The van der Waals surface area contributed by atoms with Gasteiger partial charge in [0.05, 0.1) is 18.2 Å². The van der Waals surface area contributed by atoms with Crippen LogP contribution in [0.5, 0.6) is 11.5 Å². The summed E-state index contributed by atoms with van der Waals surface area (Å²) >= 11 is 0. The van der Waals surface area contributed by atoms with Crippen molar-refractivity contribution in [2.24, 2.45) is 0 Å². The maximum Gasteiger partial charge on any atom is 0.274 e. The van der Waals surface area contributed by atoms with Crippen LogP contribution in [0, 0.1) is 6.92 Å². The minimum Gasteiger partial charge on any atom is -0.507 e. The van der Waals surface area contributed by atoms with Gasteiger partial charge in [0.15, 0.2) is 11.5 Å². The Hall–Kier alpha value is -3.28. The Morgan fingerprint density at radius 1 is 1.23 bits per heavy atom. The fourth-order valence-corrected chi connectivity index (χ4v) is 2.73. The first-order valence-corrected chi connectivity index (χ1v) is 8.27. The van der Waals surface area contributed by atoms with Gasteiger partial charge >= 0.3 is 0 Å². The molecule has 3 rings (SSSR count). The number of carbonyl (C=O) groups is 1. The van der Waals surface area contributed by atoms with Crippen LogP contribution in [0.1, 0.15) is 23.0 Å². The summed E-state index contributed by atoms with van der Waals surface area (Å²) in [4.78, 5) is 12.4. The summed E-state index contributed by atoms with van der Waals surface area (Å²) < 4.78 is 10.7. The molecule has 6 heteroatoms. The second kappa shape index (κ2) is 7.31. The quantitative estimate of drug-likeness (QED) is 0.730. The summed E-state index contributed by atoms with van der Waals surface area (Å²) in [6.45, 7) is 4.19. The molecule has 1 aromatic heterocycles. The van der Waals surface area contributed by atoms with Crippen molar-refractivity contribution in [2.45, 2.75) is 13.8 Å². The van der Waals surface area contributed by atoms with Crippen LogP contribution < -0.4 is 10.1 Å². The molecule has 0 unspecified atom stereocenters. The molecule has 0 saturated heterocycles. The number of aryl methyl sites for hydroxylation is 1. The van der Waals surface area contributed by atoms with Crippen LogP contribution in [0.4, 0.5) is 0 Å². The zero-order chi connectivity index (χ0) is 18.7. The van der Waals surface area contributed by atoms with Gasteiger partial charge in [-0.25, -0.2) is 0 Å². The zero-order valence-electron chi connectivity index (χ0n) is 14.9. The second-order valence-electron chi connectivity index (χ2n) is 5.84. The van der Waals surface area contributed by atoms with E-state index in [1.165, 1.54) is 0 Å². The van der Waals surface area contributed by atoms with Crippen molar-refractivity contribution in [3.63, 3.8) is 0 Å². The molecule has 0 bridgehead atoms. The van der Waals surface area contributed by atoms with E-state index in [4.69, 9.17) is 9.26 Å². The highest BCUT2D eigenvalue weighted by Crippen LogP contribution is 2.39. The number of hydrogen-bond donors (Lipinski definition) is 2. The highest BCUT2D eigenvalue weighted by Gasteiger charge is 2.25. The Morgan fingerprint density at radius 3 is 2.58 bits per heavy atom. The number of amides is 1. The van der Waals surface area contributed by atoms with Crippen molar-refractivity contribution in [3.05, 3.63) is 53.7 Å². The molecule has 3 aromatic rings. The molecule has 0 fully saturated rings. The summed E-state index contributed by atoms with van der Waals surface area (Å²) in [6, 6.07) is 12.5. The fourth-order valence-electron chi connectivity index (χ4n) is 2.73. The van der Waals surface area contributed by atoms with Crippen molar-refractivity contribution in [3.8, 4) is 33.9 Å². The number of aromatic nitrogens is 1. The first-order valence-electron chi connectivity index (χ1n) is 8.27. The maximum absolute atomic E-state index is 12.4. The van der Waals surface area contributed by atoms with Crippen LogP contribution in [-0.2, 0) is 0 Å². The first-order chi connectivity index (χ1) is 12.5. The van der Waals surface area contributed by atoms with Gasteiger partial charge in [-0.2, -0.15) is 0 Å². The SMILES string of the molecule is CCNC(=O)c1noc(-c2ccc(C)cc2O)c1-c1ccc(OC)cc1. The van der Waals surface area contributed by atoms with Gasteiger partial charge in [0.1, 0.15) is 11.5 Å². The van der Waals surface area contributed by atoms with Gasteiger partial charge in [0.2, 0.25) is 0 Å². The third-order valence-electron chi connectivity index (χ3n) is 4.02. The topological polar surface area (TPSA) is 84.6 Å². The van der Waals surface area contributed by atoms with E-state index in [-0.39, 0.29) is 17.4 Å². The van der Waals surface area contributed by atoms with Crippen LogP contribution in [0.2, 0.25) is 0 Å². The van der Waals surface area contributed by atoms with Gasteiger partial charge in [-0.05, 0) is 49.2 Å². The van der Waals surface area contributed by atoms with Crippen LogP contribution in [-0.4, -0.2) is 29.8 Å². The van der Waals surface area contributed by atoms with E-state index in [9.17, 15) is 9.90 Å². The molecule has 0 saturated carbocycles. The van der Waals surface area contributed by atoms with Gasteiger partial charge in [-0.1, -0.05) is 23.4 Å². The molecule has 0 spiro atoms. The minimum atomic E-state index is -0.333. The highest BCUT2D eigenvalue weighted by atomic mass is 16.5. The van der Waals surface area contributed by atoms with Crippen molar-refractivity contribution >= 4 is 5.91 Å². The van der Waals surface area contributed by atoms with Gasteiger partial charge in [-0.15, -0.1) is 0 Å². The number of nitrogens with zero attached hydrogens (tertiary/aromatic N) is 1. The molecule has 0 aliphatic carbocycles. The average Bonchev–Trinajstić information content (AvgIpc) is 3.07. The summed E-state index contributed by atoms with van der Waals surface area (Å²) in [6.07, 6.45) is 0. The molecule has 1 heterocycles. The number of hydrogen-bond acceptors (Lipinski definition) is 5. The van der Waals surface area contributed by atoms with E-state index >= 15 is 0 Å². The first kappa shape index (κ1) is 17.5. The van der Waals surface area contributed by atoms with E-state index < -0.39 is 0 Å². The molecule has 0 atom stereocenters. The average molecular weight is 352 g/mol. The molecular weight excluding hydrogens is 332 g/mol. The lowest BCUT2D eigenvalue weighted by atomic mass is 9.98. The number of phenolic OH excluding ortho intramolecular Hbond substituents is 1. The van der Waals surface area contributed by atoms with Gasteiger partial charge in [0.25, 0.3) is 5.91 Å². The summed E-state index contributed by atoms with van der Waals surface area (Å²) in [5, 5.41) is 17.0. The third-order valence-corrected chi connectivity index (χ3v) is 4.02. The molecule has 26 heavy (non-hydrogen) atoms. The minimum absolute atomic E-state index is 0.0679.